The molecule has 0 spiro atoms. The van der Waals surface area contributed by atoms with Crippen molar-refractivity contribution < 1.29 is 23.1 Å². The van der Waals surface area contributed by atoms with Crippen molar-refractivity contribution in [3.8, 4) is 5.75 Å². The molecule has 2 aromatic carbocycles. The summed E-state index contributed by atoms with van der Waals surface area (Å²) in [4.78, 5) is 25.1. The number of carbonyl (C=O) groups excluding carboxylic acids is 2. The van der Waals surface area contributed by atoms with Gasteiger partial charge in [-0.05, 0) is 54.3 Å². The van der Waals surface area contributed by atoms with E-state index in [0.717, 1.165) is 0 Å². The first-order valence-corrected chi connectivity index (χ1v) is 9.50. The van der Waals surface area contributed by atoms with Crippen molar-refractivity contribution in [3.05, 3.63) is 64.7 Å². The summed E-state index contributed by atoms with van der Waals surface area (Å²) < 4.78 is 29.0. The number of halogens is 3. The molecule has 0 fully saturated rings. The van der Waals surface area contributed by atoms with Crippen LogP contribution in [0.5, 0.6) is 5.75 Å². The van der Waals surface area contributed by atoms with Crippen LogP contribution in [-0.4, -0.2) is 24.5 Å². The molecule has 29 heavy (non-hydrogen) atoms. The van der Waals surface area contributed by atoms with Crippen molar-refractivity contribution >= 4 is 23.4 Å². The van der Waals surface area contributed by atoms with Crippen LogP contribution in [0.15, 0.2) is 48.5 Å². The molecule has 156 valence electrons. The number of hydrogen-bond donors (Lipinski definition) is 2. The number of alkyl halides is 2. The highest BCUT2D eigenvalue weighted by atomic mass is 35.5. The van der Waals surface area contributed by atoms with Crippen molar-refractivity contribution in [1.29, 1.82) is 0 Å². The summed E-state index contributed by atoms with van der Waals surface area (Å²) in [5.41, 5.74) is 0.997. The summed E-state index contributed by atoms with van der Waals surface area (Å²) in [6, 6.07) is 11.7. The van der Waals surface area contributed by atoms with Gasteiger partial charge in [-0.2, -0.15) is 8.78 Å². The smallest absolute Gasteiger partial charge is 0.387 e. The fourth-order valence-corrected chi connectivity index (χ4v) is 2.82. The van der Waals surface area contributed by atoms with Crippen LogP contribution < -0.4 is 15.4 Å². The van der Waals surface area contributed by atoms with Gasteiger partial charge in [0.1, 0.15) is 11.8 Å². The Morgan fingerprint density at radius 2 is 1.79 bits per heavy atom. The quantitative estimate of drug-likeness (QED) is 0.626. The molecule has 0 bridgehead atoms. The van der Waals surface area contributed by atoms with Gasteiger partial charge in [-0.3, -0.25) is 9.59 Å². The highest BCUT2D eigenvalue weighted by Crippen LogP contribution is 2.16. The lowest BCUT2D eigenvalue weighted by molar-refractivity contribution is -0.123. The van der Waals surface area contributed by atoms with Crippen molar-refractivity contribution in [1.82, 2.24) is 10.6 Å². The third-order valence-corrected chi connectivity index (χ3v) is 4.28. The Kier molecular flexibility index (Phi) is 8.39. The lowest BCUT2D eigenvalue weighted by Crippen LogP contribution is -2.47. The second kappa shape index (κ2) is 10.8. The van der Waals surface area contributed by atoms with E-state index in [4.69, 9.17) is 11.6 Å². The van der Waals surface area contributed by atoms with Gasteiger partial charge in [-0.25, -0.2) is 0 Å². The lowest BCUT2D eigenvalue weighted by atomic mass is 10.0. The molecule has 0 saturated carbocycles. The van der Waals surface area contributed by atoms with Crippen LogP contribution in [0.2, 0.25) is 5.02 Å². The van der Waals surface area contributed by atoms with Crippen molar-refractivity contribution in [3.63, 3.8) is 0 Å². The molecular weight excluding hydrogens is 402 g/mol. The minimum atomic E-state index is -2.92. The van der Waals surface area contributed by atoms with Crippen molar-refractivity contribution in [2.24, 2.45) is 5.92 Å². The zero-order valence-corrected chi connectivity index (χ0v) is 16.9. The fourth-order valence-electron chi connectivity index (χ4n) is 2.69. The van der Waals surface area contributed by atoms with E-state index in [1.165, 1.54) is 12.1 Å². The molecule has 8 heteroatoms. The number of carbonyl (C=O) groups is 2. The average molecular weight is 425 g/mol. The van der Waals surface area contributed by atoms with Gasteiger partial charge in [0.2, 0.25) is 5.91 Å². The monoisotopic (exact) mass is 424 g/mol. The molecule has 2 N–H and O–H groups in total. The Morgan fingerprint density at radius 1 is 1.10 bits per heavy atom. The molecule has 0 heterocycles. The molecule has 0 aromatic heterocycles. The highest BCUT2D eigenvalue weighted by molar-refractivity contribution is 6.30. The van der Waals surface area contributed by atoms with E-state index in [2.05, 4.69) is 15.4 Å². The summed E-state index contributed by atoms with van der Waals surface area (Å²) in [5, 5.41) is 5.98. The molecule has 2 aromatic rings. The van der Waals surface area contributed by atoms with Crippen LogP contribution in [-0.2, 0) is 11.3 Å². The predicted octanol–water partition coefficient (Wildman–Crippen LogP) is 4.40. The topological polar surface area (TPSA) is 67.4 Å². The fraction of sp³-hybridized carbons (Fsp3) is 0.333. The van der Waals surface area contributed by atoms with Crippen LogP contribution in [0, 0.1) is 5.92 Å². The summed E-state index contributed by atoms with van der Waals surface area (Å²) >= 11 is 5.83. The Bertz CT molecular complexity index is 829. The Hall–Kier alpha value is -2.67. The molecule has 0 aliphatic rings. The third kappa shape index (κ3) is 7.69. The number of ether oxygens (including phenoxy) is 1. The minimum absolute atomic E-state index is 0.0153. The molecule has 1 unspecified atom stereocenters. The molecule has 0 saturated heterocycles. The Morgan fingerprint density at radius 3 is 2.41 bits per heavy atom. The molecule has 2 amide bonds. The van der Waals surface area contributed by atoms with Gasteiger partial charge in [-0.1, -0.05) is 37.6 Å². The largest absolute Gasteiger partial charge is 0.435 e. The maximum absolute atomic E-state index is 12.6. The van der Waals surface area contributed by atoms with Crippen LogP contribution in [0.1, 0.15) is 36.2 Å². The Labute approximate surface area is 173 Å². The van der Waals surface area contributed by atoms with E-state index in [0.29, 0.717) is 22.6 Å². The van der Waals surface area contributed by atoms with Crippen molar-refractivity contribution in [2.75, 3.05) is 0 Å². The third-order valence-electron chi connectivity index (χ3n) is 4.03. The van der Waals surface area contributed by atoms with Gasteiger partial charge in [0.25, 0.3) is 5.91 Å². The number of hydrogen-bond acceptors (Lipinski definition) is 3. The van der Waals surface area contributed by atoms with E-state index in [9.17, 15) is 18.4 Å². The van der Waals surface area contributed by atoms with Gasteiger partial charge < -0.3 is 15.4 Å². The first-order valence-electron chi connectivity index (χ1n) is 9.12. The number of amides is 2. The maximum atomic E-state index is 12.6. The second-order valence-electron chi connectivity index (χ2n) is 6.91. The van der Waals surface area contributed by atoms with E-state index in [-0.39, 0.29) is 30.0 Å². The lowest BCUT2D eigenvalue weighted by Gasteiger charge is -2.20. The molecule has 5 nitrogen and oxygen atoms in total. The summed E-state index contributed by atoms with van der Waals surface area (Å²) in [6.45, 7) is 1.09. The van der Waals surface area contributed by atoms with Gasteiger partial charge in [0.05, 0.1) is 0 Å². The van der Waals surface area contributed by atoms with Crippen LogP contribution >= 0.6 is 11.6 Å². The van der Waals surface area contributed by atoms with E-state index >= 15 is 0 Å². The van der Waals surface area contributed by atoms with Crippen LogP contribution in [0.3, 0.4) is 0 Å². The van der Waals surface area contributed by atoms with Gasteiger partial charge in [0, 0.05) is 17.1 Å². The molecule has 0 aliphatic heterocycles. The number of benzene rings is 2. The minimum Gasteiger partial charge on any atom is -0.435 e. The van der Waals surface area contributed by atoms with Gasteiger partial charge in [-0.15, -0.1) is 0 Å². The first kappa shape index (κ1) is 22.6. The molecule has 1 atom stereocenters. The molecule has 0 radical (unpaired) electrons. The number of rotatable bonds is 9. The SMILES string of the molecule is CC(C)CC(NC(=O)c1ccc(Cl)cc1)C(=O)NCc1cccc(OC(F)F)c1. The van der Waals surface area contributed by atoms with Crippen molar-refractivity contribution in [2.45, 2.75) is 39.5 Å². The Balaban J connectivity index is 2.01. The molecular formula is C21H23ClF2N2O3. The molecule has 2 rings (SSSR count). The van der Waals surface area contributed by atoms with Crippen LogP contribution in [0.4, 0.5) is 8.78 Å². The normalized spacial score (nSPS) is 12.0. The standard InChI is InChI=1S/C21H23ClF2N2O3/c1-13(2)10-18(26-19(27)15-6-8-16(22)9-7-15)20(28)25-12-14-4-3-5-17(11-14)29-21(23)24/h3-9,11,13,18,21H,10,12H2,1-2H3,(H,25,28)(H,26,27). The summed E-state index contributed by atoms with van der Waals surface area (Å²) in [6.07, 6.45) is 0.444. The van der Waals surface area contributed by atoms with Crippen LogP contribution in [0.25, 0.3) is 0 Å². The molecule has 0 aliphatic carbocycles. The van der Waals surface area contributed by atoms with E-state index in [1.54, 1.807) is 36.4 Å². The average Bonchev–Trinajstić information content (AvgIpc) is 2.65. The van der Waals surface area contributed by atoms with Gasteiger partial charge in [0.15, 0.2) is 0 Å². The zero-order valence-electron chi connectivity index (χ0n) is 16.1. The maximum Gasteiger partial charge on any atom is 0.387 e. The first-order chi connectivity index (χ1) is 13.7. The van der Waals surface area contributed by atoms with E-state index < -0.39 is 12.7 Å². The second-order valence-corrected chi connectivity index (χ2v) is 7.34. The zero-order chi connectivity index (χ0) is 21.4. The predicted molar refractivity (Wildman–Crippen MR) is 107 cm³/mol. The highest BCUT2D eigenvalue weighted by Gasteiger charge is 2.22. The number of nitrogens with one attached hydrogen (secondary N) is 2. The summed E-state index contributed by atoms with van der Waals surface area (Å²) in [5.74, 6) is -0.559. The van der Waals surface area contributed by atoms with E-state index in [1.807, 2.05) is 13.8 Å². The van der Waals surface area contributed by atoms with Gasteiger partial charge >= 0.3 is 6.61 Å². The summed E-state index contributed by atoms with van der Waals surface area (Å²) in [7, 11) is 0.